The molecule has 1 aromatic carbocycles. The van der Waals surface area contributed by atoms with E-state index >= 15 is 0 Å². The van der Waals surface area contributed by atoms with Gasteiger partial charge in [-0.2, -0.15) is 5.26 Å². The lowest BCUT2D eigenvalue weighted by molar-refractivity contribution is -0.384. The SMILES string of the molecule is CC[C@H](C)Cc1nc(N)c(C#N)c(-c2ccc([N+](=O)[O-])cc2)c1C. The number of hydrogen-bond acceptors (Lipinski definition) is 5. The van der Waals surface area contributed by atoms with E-state index in [0.717, 1.165) is 29.7 Å². The first kappa shape index (κ1) is 17.4. The fraction of sp³-hybridized carbons (Fsp3) is 0.333. The highest BCUT2D eigenvalue weighted by atomic mass is 16.6. The highest BCUT2D eigenvalue weighted by Gasteiger charge is 2.19. The van der Waals surface area contributed by atoms with Crippen molar-refractivity contribution in [3.05, 3.63) is 51.2 Å². The molecule has 124 valence electrons. The molecule has 24 heavy (non-hydrogen) atoms. The van der Waals surface area contributed by atoms with Crippen LogP contribution in [0.4, 0.5) is 11.5 Å². The number of hydrogen-bond donors (Lipinski definition) is 1. The first-order chi connectivity index (χ1) is 11.4. The Morgan fingerprint density at radius 2 is 2.00 bits per heavy atom. The van der Waals surface area contributed by atoms with Crippen molar-refractivity contribution >= 4 is 11.5 Å². The van der Waals surface area contributed by atoms with E-state index in [2.05, 4.69) is 24.9 Å². The summed E-state index contributed by atoms with van der Waals surface area (Å²) in [5.41, 5.74) is 9.52. The zero-order valence-electron chi connectivity index (χ0n) is 14.0. The van der Waals surface area contributed by atoms with Gasteiger partial charge in [-0.3, -0.25) is 10.1 Å². The molecule has 2 rings (SSSR count). The van der Waals surface area contributed by atoms with E-state index < -0.39 is 4.92 Å². The van der Waals surface area contributed by atoms with Gasteiger partial charge in [0.25, 0.3) is 5.69 Å². The third-order valence-corrected chi connectivity index (χ3v) is 4.29. The number of rotatable bonds is 5. The Hall–Kier alpha value is -2.94. The zero-order valence-corrected chi connectivity index (χ0v) is 14.0. The maximum absolute atomic E-state index is 10.8. The lowest BCUT2D eigenvalue weighted by Gasteiger charge is -2.16. The number of nitriles is 1. The van der Waals surface area contributed by atoms with Crippen molar-refractivity contribution < 1.29 is 4.92 Å². The Morgan fingerprint density at radius 3 is 2.50 bits per heavy atom. The molecule has 0 saturated carbocycles. The average Bonchev–Trinajstić information content (AvgIpc) is 2.57. The molecule has 0 amide bonds. The Labute approximate surface area is 141 Å². The molecule has 0 spiro atoms. The van der Waals surface area contributed by atoms with Crippen LogP contribution in [0.3, 0.4) is 0 Å². The van der Waals surface area contributed by atoms with Crippen LogP contribution in [-0.4, -0.2) is 9.91 Å². The number of nitrogen functional groups attached to an aromatic ring is 1. The molecule has 2 N–H and O–H groups in total. The molecule has 0 fully saturated rings. The normalized spacial score (nSPS) is 11.8. The second-order valence-corrected chi connectivity index (χ2v) is 5.95. The van der Waals surface area contributed by atoms with Crippen molar-refractivity contribution in [3.63, 3.8) is 0 Å². The highest BCUT2D eigenvalue weighted by molar-refractivity contribution is 5.79. The number of anilines is 1. The monoisotopic (exact) mass is 324 g/mol. The molecular formula is C18H20N4O2. The molecule has 0 radical (unpaired) electrons. The van der Waals surface area contributed by atoms with Crippen molar-refractivity contribution in [2.75, 3.05) is 5.73 Å². The lowest BCUT2D eigenvalue weighted by atomic mass is 9.91. The largest absolute Gasteiger partial charge is 0.383 e. The van der Waals surface area contributed by atoms with Gasteiger partial charge in [0, 0.05) is 23.4 Å². The number of nitro benzene ring substituents is 1. The van der Waals surface area contributed by atoms with Gasteiger partial charge < -0.3 is 5.73 Å². The Kier molecular flexibility index (Phi) is 5.14. The van der Waals surface area contributed by atoms with Crippen molar-refractivity contribution in [1.29, 1.82) is 5.26 Å². The highest BCUT2D eigenvalue weighted by Crippen LogP contribution is 2.33. The molecule has 6 nitrogen and oxygen atoms in total. The molecule has 0 aliphatic heterocycles. The summed E-state index contributed by atoms with van der Waals surface area (Å²) in [6.07, 6.45) is 1.80. The molecule has 1 heterocycles. The third kappa shape index (κ3) is 3.35. The number of nitro groups is 1. The number of nitrogens with two attached hydrogens (primary N) is 1. The minimum atomic E-state index is -0.447. The minimum Gasteiger partial charge on any atom is -0.383 e. The summed E-state index contributed by atoms with van der Waals surface area (Å²) in [6, 6.07) is 8.27. The maximum atomic E-state index is 10.8. The fourth-order valence-electron chi connectivity index (χ4n) is 2.64. The summed E-state index contributed by atoms with van der Waals surface area (Å²) in [7, 11) is 0. The summed E-state index contributed by atoms with van der Waals surface area (Å²) >= 11 is 0. The summed E-state index contributed by atoms with van der Waals surface area (Å²) in [6.45, 7) is 6.17. The predicted molar refractivity (Wildman–Crippen MR) is 93.4 cm³/mol. The van der Waals surface area contributed by atoms with E-state index in [1.165, 1.54) is 12.1 Å². The van der Waals surface area contributed by atoms with E-state index in [1.54, 1.807) is 12.1 Å². The van der Waals surface area contributed by atoms with Gasteiger partial charge in [-0.15, -0.1) is 0 Å². The molecule has 6 heteroatoms. The predicted octanol–water partition coefficient (Wildman–Crippen LogP) is 4.01. The Morgan fingerprint density at radius 1 is 1.38 bits per heavy atom. The first-order valence-electron chi connectivity index (χ1n) is 7.82. The van der Waals surface area contributed by atoms with Crippen LogP contribution < -0.4 is 5.73 Å². The number of nitrogens with zero attached hydrogens (tertiary/aromatic N) is 3. The van der Waals surface area contributed by atoms with E-state index in [1.807, 2.05) is 6.92 Å². The molecule has 0 unspecified atom stereocenters. The number of benzene rings is 1. The van der Waals surface area contributed by atoms with Gasteiger partial charge >= 0.3 is 0 Å². The molecule has 0 saturated heterocycles. The molecule has 0 aliphatic rings. The first-order valence-corrected chi connectivity index (χ1v) is 7.82. The Bertz CT molecular complexity index is 807. The minimum absolute atomic E-state index is 0.0109. The van der Waals surface area contributed by atoms with Crippen LogP contribution in [0.25, 0.3) is 11.1 Å². The van der Waals surface area contributed by atoms with Crippen LogP contribution in [0, 0.1) is 34.3 Å². The van der Waals surface area contributed by atoms with E-state index in [9.17, 15) is 15.4 Å². The topological polar surface area (TPSA) is 106 Å². The summed E-state index contributed by atoms with van der Waals surface area (Å²) < 4.78 is 0. The molecule has 1 atom stereocenters. The quantitative estimate of drug-likeness (QED) is 0.660. The van der Waals surface area contributed by atoms with Gasteiger partial charge in [0.15, 0.2) is 0 Å². The Balaban J connectivity index is 2.62. The van der Waals surface area contributed by atoms with Crippen LogP contribution >= 0.6 is 0 Å². The standard InChI is InChI=1S/C18H20N4O2/c1-4-11(2)9-16-12(3)17(15(10-19)18(20)21-16)13-5-7-14(8-6-13)22(23)24/h5-8,11H,4,9H2,1-3H3,(H2,20,21)/t11-/m0/s1. The van der Waals surface area contributed by atoms with Crippen LogP contribution in [0.2, 0.25) is 0 Å². The van der Waals surface area contributed by atoms with Crippen molar-refractivity contribution in [1.82, 2.24) is 4.98 Å². The molecule has 1 aromatic heterocycles. The summed E-state index contributed by atoms with van der Waals surface area (Å²) in [5, 5.41) is 20.3. The van der Waals surface area contributed by atoms with Crippen molar-refractivity contribution in [2.24, 2.45) is 5.92 Å². The molecule has 0 bridgehead atoms. The molecule has 0 aliphatic carbocycles. The van der Waals surface area contributed by atoms with E-state index in [-0.39, 0.29) is 11.5 Å². The van der Waals surface area contributed by atoms with Gasteiger partial charge in [-0.1, -0.05) is 20.3 Å². The maximum Gasteiger partial charge on any atom is 0.269 e. The van der Waals surface area contributed by atoms with Crippen LogP contribution in [0.5, 0.6) is 0 Å². The summed E-state index contributed by atoms with van der Waals surface area (Å²) in [5.74, 6) is 0.656. The molecule has 2 aromatic rings. The van der Waals surface area contributed by atoms with Gasteiger partial charge in [-0.05, 0) is 42.5 Å². The van der Waals surface area contributed by atoms with Crippen LogP contribution in [-0.2, 0) is 6.42 Å². The van der Waals surface area contributed by atoms with Crippen LogP contribution in [0.1, 0.15) is 37.1 Å². The molecular weight excluding hydrogens is 304 g/mol. The second-order valence-electron chi connectivity index (χ2n) is 5.95. The number of pyridine rings is 1. The smallest absolute Gasteiger partial charge is 0.269 e. The number of aromatic nitrogens is 1. The van der Waals surface area contributed by atoms with E-state index in [4.69, 9.17) is 5.73 Å². The second kappa shape index (κ2) is 7.09. The lowest BCUT2D eigenvalue weighted by Crippen LogP contribution is -2.09. The third-order valence-electron chi connectivity index (χ3n) is 4.29. The van der Waals surface area contributed by atoms with Gasteiger partial charge in [0.05, 0.1) is 4.92 Å². The average molecular weight is 324 g/mol. The fourth-order valence-corrected chi connectivity index (χ4v) is 2.64. The number of non-ortho nitro benzene ring substituents is 1. The van der Waals surface area contributed by atoms with Crippen molar-refractivity contribution in [2.45, 2.75) is 33.6 Å². The van der Waals surface area contributed by atoms with Gasteiger partial charge in [-0.25, -0.2) is 4.98 Å². The summed E-state index contributed by atoms with van der Waals surface area (Å²) in [4.78, 5) is 14.8. The van der Waals surface area contributed by atoms with Crippen molar-refractivity contribution in [3.8, 4) is 17.2 Å². The van der Waals surface area contributed by atoms with Crippen LogP contribution in [0.15, 0.2) is 24.3 Å². The zero-order chi connectivity index (χ0) is 17.9. The van der Waals surface area contributed by atoms with E-state index in [0.29, 0.717) is 17.0 Å². The van der Waals surface area contributed by atoms with Gasteiger partial charge in [0.2, 0.25) is 0 Å². The van der Waals surface area contributed by atoms with Gasteiger partial charge in [0.1, 0.15) is 17.5 Å².